The van der Waals surface area contributed by atoms with Crippen LogP contribution in [0.15, 0.2) is 42.5 Å². The Morgan fingerprint density at radius 3 is 2.52 bits per heavy atom. The van der Waals surface area contributed by atoms with Crippen molar-refractivity contribution in [2.45, 2.75) is 25.7 Å². The third-order valence-corrected chi connectivity index (χ3v) is 4.23. The van der Waals surface area contributed by atoms with E-state index >= 15 is 0 Å². The topological polar surface area (TPSA) is 35.2 Å². The first-order chi connectivity index (χ1) is 10.2. The lowest BCUT2D eigenvalue weighted by molar-refractivity contribution is 0.410. The zero-order valence-electron chi connectivity index (χ0n) is 12.6. The second-order valence-corrected chi connectivity index (χ2v) is 5.56. The van der Waals surface area contributed by atoms with E-state index in [2.05, 4.69) is 25.1 Å². The van der Waals surface area contributed by atoms with Crippen LogP contribution in [0, 0.1) is 0 Å². The van der Waals surface area contributed by atoms with Crippen LogP contribution in [0.2, 0.25) is 5.02 Å². The van der Waals surface area contributed by atoms with E-state index in [1.165, 1.54) is 11.1 Å². The molecule has 2 N–H and O–H groups in total. The summed E-state index contributed by atoms with van der Waals surface area (Å²) in [6, 6.07) is 14.3. The molecule has 21 heavy (non-hydrogen) atoms. The van der Waals surface area contributed by atoms with Gasteiger partial charge in [-0.2, -0.15) is 0 Å². The van der Waals surface area contributed by atoms with Crippen molar-refractivity contribution in [1.82, 2.24) is 0 Å². The molecule has 0 aliphatic carbocycles. The quantitative estimate of drug-likeness (QED) is 0.868. The predicted octanol–water partition coefficient (Wildman–Crippen LogP) is 4.20. The first-order valence-electron chi connectivity index (χ1n) is 7.29. The van der Waals surface area contributed by atoms with E-state index in [0.717, 1.165) is 29.2 Å². The third-order valence-electron chi connectivity index (χ3n) is 3.87. The molecule has 0 aliphatic rings. The molecule has 0 saturated carbocycles. The lowest BCUT2D eigenvalue weighted by atomic mass is 9.90. The molecular weight excluding hydrogens is 282 g/mol. The van der Waals surface area contributed by atoms with Crippen LogP contribution in [-0.2, 0) is 12.8 Å². The van der Waals surface area contributed by atoms with Crippen molar-refractivity contribution in [3.05, 3.63) is 64.2 Å². The van der Waals surface area contributed by atoms with Gasteiger partial charge in [-0.1, -0.05) is 48.9 Å². The maximum Gasteiger partial charge on any atom is 0.122 e. The number of ether oxygens (including phenoxy) is 1. The van der Waals surface area contributed by atoms with Gasteiger partial charge < -0.3 is 10.5 Å². The standard InChI is InChI=1S/C18H22ClNO/c1-3-13-10-14(8-9-18(13)21-2)16(12-20)11-15-6-4-5-7-17(15)19/h4-10,16H,3,11-12,20H2,1-2H3. The fraction of sp³-hybridized carbons (Fsp3) is 0.333. The molecule has 2 rings (SSSR count). The van der Waals surface area contributed by atoms with E-state index in [1.807, 2.05) is 24.3 Å². The van der Waals surface area contributed by atoms with Crippen molar-refractivity contribution in [2.75, 3.05) is 13.7 Å². The Morgan fingerprint density at radius 2 is 1.90 bits per heavy atom. The third kappa shape index (κ3) is 3.78. The lowest BCUT2D eigenvalue weighted by Gasteiger charge is -2.18. The second-order valence-electron chi connectivity index (χ2n) is 5.15. The molecule has 0 bridgehead atoms. The summed E-state index contributed by atoms with van der Waals surface area (Å²) in [5.41, 5.74) is 9.59. The smallest absolute Gasteiger partial charge is 0.122 e. The molecule has 0 saturated heterocycles. The van der Waals surface area contributed by atoms with Gasteiger partial charge in [0.2, 0.25) is 0 Å². The number of benzene rings is 2. The van der Waals surface area contributed by atoms with Gasteiger partial charge in [-0.15, -0.1) is 0 Å². The largest absolute Gasteiger partial charge is 0.496 e. The number of halogens is 1. The average Bonchev–Trinajstić information content (AvgIpc) is 2.53. The van der Waals surface area contributed by atoms with E-state index in [-0.39, 0.29) is 5.92 Å². The van der Waals surface area contributed by atoms with Crippen LogP contribution in [0.4, 0.5) is 0 Å². The minimum atomic E-state index is 0.265. The highest BCUT2D eigenvalue weighted by Crippen LogP contribution is 2.28. The van der Waals surface area contributed by atoms with Crippen molar-refractivity contribution in [3.63, 3.8) is 0 Å². The second kappa shape index (κ2) is 7.48. The maximum atomic E-state index is 6.26. The molecule has 0 aliphatic heterocycles. The van der Waals surface area contributed by atoms with E-state index in [4.69, 9.17) is 22.1 Å². The Bertz CT molecular complexity index is 598. The Balaban J connectivity index is 2.27. The Morgan fingerprint density at radius 1 is 1.14 bits per heavy atom. The Labute approximate surface area is 131 Å². The summed E-state index contributed by atoms with van der Waals surface area (Å²) in [4.78, 5) is 0. The minimum absolute atomic E-state index is 0.265. The van der Waals surface area contributed by atoms with Gasteiger partial charge in [-0.05, 0) is 48.2 Å². The highest BCUT2D eigenvalue weighted by atomic mass is 35.5. The first kappa shape index (κ1) is 15.9. The van der Waals surface area contributed by atoms with Gasteiger partial charge in [0.25, 0.3) is 0 Å². The van der Waals surface area contributed by atoms with Gasteiger partial charge in [0.05, 0.1) is 7.11 Å². The molecule has 2 aromatic carbocycles. The molecule has 0 spiro atoms. The molecule has 0 radical (unpaired) electrons. The molecule has 3 heteroatoms. The van der Waals surface area contributed by atoms with Gasteiger partial charge in [-0.3, -0.25) is 0 Å². The summed E-state index contributed by atoms with van der Waals surface area (Å²) >= 11 is 6.26. The van der Waals surface area contributed by atoms with Crippen LogP contribution >= 0.6 is 11.6 Å². The molecule has 0 aromatic heterocycles. The molecule has 2 aromatic rings. The van der Waals surface area contributed by atoms with Gasteiger partial charge in [0.15, 0.2) is 0 Å². The van der Waals surface area contributed by atoms with Gasteiger partial charge in [-0.25, -0.2) is 0 Å². The fourth-order valence-electron chi connectivity index (χ4n) is 2.60. The molecular formula is C18H22ClNO. The van der Waals surface area contributed by atoms with Crippen LogP contribution in [0.3, 0.4) is 0 Å². The lowest BCUT2D eigenvalue weighted by Crippen LogP contribution is -2.15. The molecule has 0 amide bonds. The van der Waals surface area contributed by atoms with Crippen LogP contribution in [0.1, 0.15) is 29.5 Å². The molecule has 1 unspecified atom stereocenters. The number of nitrogens with two attached hydrogens (primary N) is 1. The normalized spacial score (nSPS) is 12.2. The SMILES string of the molecule is CCc1cc(C(CN)Cc2ccccc2Cl)ccc1OC. The summed E-state index contributed by atoms with van der Waals surface area (Å²) in [6.07, 6.45) is 1.80. The van der Waals surface area contributed by atoms with E-state index < -0.39 is 0 Å². The molecule has 2 nitrogen and oxygen atoms in total. The molecule has 0 heterocycles. The van der Waals surface area contributed by atoms with Crippen molar-refractivity contribution < 1.29 is 4.74 Å². The predicted molar refractivity (Wildman–Crippen MR) is 89.3 cm³/mol. The van der Waals surface area contributed by atoms with Gasteiger partial charge in [0.1, 0.15) is 5.75 Å². The summed E-state index contributed by atoms with van der Waals surface area (Å²) in [7, 11) is 1.71. The number of rotatable bonds is 6. The Kier molecular flexibility index (Phi) is 5.66. The number of methoxy groups -OCH3 is 1. The number of hydrogen-bond donors (Lipinski definition) is 1. The zero-order valence-corrected chi connectivity index (χ0v) is 13.4. The van der Waals surface area contributed by atoms with Crippen molar-refractivity contribution in [1.29, 1.82) is 0 Å². The fourth-order valence-corrected chi connectivity index (χ4v) is 2.81. The average molecular weight is 304 g/mol. The van der Waals surface area contributed by atoms with E-state index in [1.54, 1.807) is 7.11 Å². The van der Waals surface area contributed by atoms with Crippen LogP contribution in [0.5, 0.6) is 5.75 Å². The van der Waals surface area contributed by atoms with Crippen molar-refractivity contribution in [2.24, 2.45) is 5.73 Å². The molecule has 0 fully saturated rings. The van der Waals surface area contributed by atoms with Crippen LogP contribution in [0.25, 0.3) is 0 Å². The monoisotopic (exact) mass is 303 g/mol. The highest BCUT2D eigenvalue weighted by Gasteiger charge is 2.14. The Hall–Kier alpha value is -1.51. The number of hydrogen-bond acceptors (Lipinski definition) is 2. The van der Waals surface area contributed by atoms with Crippen molar-refractivity contribution in [3.8, 4) is 5.75 Å². The first-order valence-corrected chi connectivity index (χ1v) is 7.67. The maximum absolute atomic E-state index is 6.26. The molecule has 1 atom stereocenters. The van der Waals surface area contributed by atoms with E-state index in [0.29, 0.717) is 6.54 Å². The minimum Gasteiger partial charge on any atom is -0.496 e. The van der Waals surface area contributed by atoms with E-state index in [9.17, 15) is 0 Å². The van der Waals surface area contributed by atoms with Gasteiger partial charge in [0, 0.05) is 10.9 Å². The van der Waals surface area contributed by atoms with Crippen LogP contribution in [-0.4, -0.2) is 13.7 Å². The number of aryl methyl sites for hydroxylation is 1. The summed E-state index contributed by atoms with van der Waals surface area (Å²) < 4.78 is 5.39. The van der Waals surface area contributed by atoms with Crippen molar-refractivity contribution >= 4 is 11.6 Å². The summed E-state index contributed by atoms with van der Waals surface area (Å²) in [6.45, 7) is 2.73. The highest BCUT2D eigenvalue weighted by molar-refractivity contribution is 6.31. The molecule has 112 valence electrons. The van der Waals surface area contributed by atoms with Gasteiger partial charge >= 0.3 is 0 Å². The zero-order chi connectivity index (χ0) is 15.2. The summed E-state index contributed by atoms with van der Waals surface area (Å²) in [5, 5.41) is 0.806. The van der Waals surface area contributed by atoms with Crippen LogP contribution < -0.4 is 10.5 Å². The summed E-state index contributed by atoms with van der Waals surface area (Å²) in [5.74, 6) is 1.20.